The summed E-state index contributed by atoms with van der Waals surface area (Å²) in [5.74, 6) is 4.93. The van der Waals surface area contributed by atoms with Crippen LogP contribution in [0.25, 0.3) is 0 Å². The van der Waals surface area contributed by atoms with Crippen LogP contribution in [0.5, 0.6) is 0 Å². The van der Waals surface area contributed by atoms with Crippen LogP contribution in [0.15, 0.2) is 24.2 Å². The lowest BCUT2D eigenvalue weighted by molar-refractivity contribution is -0.137. The summed E-state index contributed by atoms with van der Waals surface area (Å²) >= 11 is 0. The monoisotopic (exact) mass is 213 g/mol. The smallest absolute Gasteiger partial charge is 0.324 e. The fourth-order valence-electron chi connectivity index (χ4n) is 0.719. The summed E-state index contributed by atoms with van der Waals surface area (Å²) in [6, 6.07) is 2.69. The van der Waals surface area contributed by atoms with Crippen molar-refractivity contribution in [2.45, 2.75) is 6.18 Å². The standard InChI is InChI=1S/C7H7F3N2.ClH/c8-7(9,10)5-2-1-3-6(4-5)12-11;/h1-4,12H,11H2;1H/i4D;. The van der Waals surface area contributed by atoms with Gasteiger partial charge in [-0.15, -0.1) is 12.4 Å². The van der Waals surface area contributed by atoms with Crippen molar-refractivity contribution in [3.63, 3.8) is 0 Å². The molecule has 74 valence electrons. The molecule has 0 bridgehead atoms. The number of rotatable bonds is 1. The molecule has 13 heavy (non-hydrogen) atoms. The van der Waals surface area contributed by atoms with E-state index in [9.17, 15) is 13.2 Å². The second kappa shape index (κ2) is 4.34. The molecule has 0 saturated heterocycles. The van der Waals surface area contributed by atoms with E-state index in [0.29, 0.717) is 0 Å². The highest BCUT2D eigenvalue weighted by Gasteiger charge is 2.30. The van der Waals surface area contributed by atoms with Crippen LogP contribution < -0.4 is 11.3 Å². The minimum absolute atomic E-state index is 0. The lowest BCUT2D eigenvalue weighted by Gasteiger charge is -2.07. The lowest BCUT2D eigenvalue weighted by atomic mass is 10.2. The van der Waals surface area contributed by atoms with Gasteiger partial charge in [-0.2, -0.15) is 13.2 Å². The maximum absolute atomic E-state index is 12.2. The second-order valence-corrected chi connectivity index (χ2v) is 2.12. The molecule has 0 unspecified atom stereocenters. The molecular formula is C7H8ClF3N2. The zero-order valence-corrected chi connectivity index (χ0v) is 7.17. The van der Waals surface area contributed by atoms with E-state index in [-0.39, 0.29) is 18.1 Å². The average molecular weight is 214 g/mol. The van der Waals surface area contributed by atoms with E-state index in [1.54, 1.807) is 0 Å². The maximum atomic E-state index is 12.2. The van der Waals surface area contributed by atoms with Crippen molar-refractivity contribution in [1.29, 1.82) is 0 Å². The van der Waals surface area contributed by atoms with Crippen LogP contribution >= 0.6 is 12.4 Å². The molecule has 1 rings (SSSR count). The van der Waals surface area contributed by atoms with Crippen molar-refractivity contribution in [3.8, 4) is 0 Å². The van der Waals surface area contributed by atoms with E-state index < -0.39 is 17.8 Å². The quantitative estimate of drug-likeness (QED) is 0.555. The number of anilines is 1. The van der Waals surface area contributed by atoms with Gasteiger partial charge in [0, 0.05) is 5.69 Å². The highest BCUT2D eigenvalue weighted by atomic mass is 35.5. The zero-order chi connectivity index (χ0) is 10.1. The molecule has 0 radical (unpaired) electrons. The summed E-state index contributed by atoms with van der Waals surface area (Å²) < 4.78 is 43.7. The number of nitrogens with one attached hydrogen (secondary N) is 1. The average Bonchev–Trinajstić information content (AvgIpc) is 2.02. The van der Waals surface area contributed by atoms with Gasteiger partial charge in [0.05, 0.1) is 6.93 Å². The van der Waals surface area contributed by atoms with Crippen LogP contribution in [-0.2, 0) is 6.18 Å². The minimum atomic E-state index is -4.51. The summed E-state index contributed by atoms with van der Waals surface area (Å²) in [4.78, 5) is 0. The Morgan fingerprint density at radius 2 is 2.00 bits per heavy atom. The number of benzene rings is 1. The molecule has 0 aliphatic rings. The Hall–Kier alpha value is -0.940. The van der Waals surface area contributed by atoms with E-state index in [1.807, 2.05) is 5.43 Å². The van der Waals surface area contributed by atoms with Crippen molar-refractivity contribution in [2.75, 3.05) is 5.43 Å². The van der Waals surface area contributed by atoms with Gasteiger partial charge in [0.15, 0.2) is 0 Å². The fraction of sp³-hybridized carbons (Fsp3) is 0.143. The molecule has 0 heterocycles. The van der Waals surface area contributed by atoms with Crippen molar-refractivity contribution in [3.05, 3.63) is 29.8 Å². The molecular weight excluding hydrogens is 205 g/mol. The van der Waals surface area contributed by atoms with Crippen LogP contribution in [-0.4, -0.2) is 0 Å². The zero-order valence-electron chi connectivity index (χ0n) is 7.35. The van der Waals surface area contributed by atoms with Crippen LogP contribution in [0.4, 0.5) is 18.9 Å². The molecule has 0 saturated carbocycles. The minimum Gasteiger partial charge on any atom is -0.324 e. The number of halogens is 4. The molecule has 0 fully saturated rings. The summed E-state index contributed by atoms with van der Waals surface area (Å²) in [7, 11) is 0. The third kappa shape index (κ3) is 3.12. The van der Waals surface area contributed by atoms with Crippen molar-refractivity contribution < 1.29 is 14.5 Å². The van der Waals surface area contributed by atoms with Crippen LogP contribution in [0.3, 0.4) is 0 Å². The molecule has 1 aromatic rings. The molecule has 0 atom stereocenters. The Morgan fingerprint density at radius 1 is 1.38 bits per heavy atom. The SMILES string of the molecule is Cl.[2H]c1c(NN)cccc1C(F)(F)F. The van der Waals surface area contributed by atoms with Gasteiger partial charge < -0.3 is 5.43 Å². The molecule has 0 aromatic heterocycles. The largest absolute Gasteiger partial charge is 0.416 e. The van der Waals surface area contributed by atoms with E-state index in [0.717, 1.165) is 6.07 Å². The first-order valence-corrected chi connectivity index (χ1v) is 3.10. The molecule has 0 aliphatic carbocycles. The van der Waals surface area contributed by atoms with Gasteiger partial charge in [0.2, 0.25) is 0 Å². The summed E-state index contributed by atoms with van der Waals surface area (Å²) in [5, 5.41) is 0. The first-order chi connectivity index (χ1) is 5.96. The van der Waals surface area contributed by atoms with Crippen molar-refractivity contribution >= 4 is 18.1 Å². The first-order valence-electron chi connectivity index (χ1n) is 3.60. The summed E-state index contributed by atoms with van der Waals surface area (Å²) in [6.07, 6.45) is -4.51. The predicted molar refractivity (Wildman–Crippen MR) is 46.5 cm³/mol. The van der Waals surface area contributed by atoms with Gasteiger partial charge in [-0.3, -0.25) is 5.84 Å². The molecule has 0 aliphatic heterocycles. The lowest BCUT2D eigenvalue weighted by Crippen LogP contribution is -2.09. The number of alkyl halides is 3. The van der Waals surface area contributed by atoms with Crippen LogP contribution in [0.1, 0.15) is 6.93 Å². The van der Waals surface area contributed by atoms with E-state index in [1.165, 1.54) is 12.1 Å². The van der Waals surface area contributed by atoms with Gasteiger partial charge >= 0.3 is 6.18 Å². The Labute approximate surface area is 80.7 Å². The molecule has 1 aromatic carbocycles. The van der Waals surface area contributed by atoms with Crippen LogP contribution in [0.2, 0.25) is 0 Å². The molecule has 0 amide bonds. The molecule has 0 spiro atoms. The van der Waals surface area contributed by atoms with E-state index >= 15 is 0 Å². The third-order valence-corrected chi connectivity index (χ3v) is 1.26. The highest BCUT2D eigenvalue weighted by molar-refractivity contribution is 5.85. The number of hydrazine groups is 1. The topological polar surface area (TPSA) is 38.0 Å². The number of nitrogen functional groups attached to an aromatic ring is 1. The van der Waals surface area contributed by atoms with E-state index in [2.05, 4.69) is 0 Å². The Morgan fingerprint density at radius 3 is 2.46 bits per heavy atom. The third-order valence-electron chi connectivity index (χ3n) is 1.26. The Bertz CT molecular complexity index is 316. The van der Waals surface area contributed by atoms with Crippen molar-refractivity contribution in [2.24, 2.45) is 5.84 Å². The Balaban J connectivity index is 0.00000169. The van der Waals surface area contributed by atoms with Crippen molar-refractivity contribution in [1.82, 2.24) is 0 Å². The summed E-state index contributed by atoms with van der Waals surface area (Å²) in [6.45, 7) is 0. The Kier molecular flexibility index (Phi) is 3.39. The molecule has 2 nitrogen and oxygen atoms in total. The van der Waals surface area contributed by atoms with E-state index in [4.69, 9.17) is 7.21 Å². The van der Waals surface area contributed by atoms with Gasteiger partial charge in [-0.05, 0) is 18.2 Å². The number of hydrogen-bond donors (Lipinski definition) is 2. The van der Waals surface area contributed by atoms with Gasteiger partial charge in [-0.25, -0.2) is 0 Å². The maximum Gasteiger partial charge on any atom is 0.416 e. The van der Waals surface area contributed by atoms with Crippen LogP contribution in [0, 0.1) is 0 Å². The molecule has 6 heteroatoms. The fourth-order valence-corrected chi connectivity index (χ4v) is 0.719. The number of nitrogens with two attached hydrogens (primary N) is 1. The second-order valence-electron chi connectivity index (χ2n) is 2.12. The molecule has 3 N–H and O–H groups in total. The van der Waals surface area contributed by atoms with Gasteiger partial charge in [0.25, 0.3) is 0 Å². The highest BCUT2D eigenvalue weighted by Crippen LogP contribution is 2.30. The van der Waals surface area contributed by atoms with Gasteiger partial charge in [0.1, 0.15) is 0 Å². The first kappa shape index (κ1) is 10.1. The predicted octanol–water partition coefficient (Wildman–Crippen LogP) is 2.41. The van der Waals surface area contributed by atoms with Gasteiger partial charge in [-0.1, -0.05) is 6.07 Å². The number of hydrogen-bond acceptors (Lipinski definition) is 2. The summed E-state index contributed by atoms with van der Waals surface area (Å²) in [5.41, 5.74) is 0.977. The normalized spacial score (nSPS) is 11.5.